The first-order valence-electron chi connectivity index (χ1n) is 5.42. The Bertz CT molecular complexity index is 299. The normalized spacial score (nSPS) is 19.3. The summed E-state index contributed by atoms with van der Waals surface area (Å²) in [6.07, 6.45) is 7.94. The lowest BCUT2D eigenvalue weighted by molar-refractivity contribution is 0.207. The monoisotopic (exact) mass is 193 g/mol. The largest absolute Gasteiger partial charge is 0.334 e. The van der Waals surface area contributed by atoms with E-state index in [2.05, 4.69) is 21.8 Å². The van der Waals surface area contributed by atoms with E-state index >= 15 is 0 Å². The average Bonchev–Trinajstić information content (AvgIpc) is 2.49. The van der Waals surface area contributed by atoms with Crippen molar-refractivity contribution >= 4 is 0 Å². The quantitative estimate of drug-likeness (QED) is 0.789. The number of nitrogens with zero attached hydrogens (tertiary/aromatic N) is 2. The summed E-state index contributed by atoms with van der Waals surface area (Å²) in [4.78, 5) is 4.20. The third kappa shape index (κ3) is 1.98. The van der Waals surface area contributed by atoms with Gasteiger partial charge in [-0.25, -0.2) is 4.98 Å². The molecule has 0 atom stereocenters. The van der Waals surface area contributed by atoms with Crippen molar-refractivity contribution in [2.24, 2.45) is 0 Å². The maximum atomic E-state index is 4.20. The van der Waals surface area contributed by atoms with Crippen LogP contribution in [0.1, 0.15) is 32.0 Å². The molecule has 0 unspecified atom stereocenters. The van der Waals surface area contributed by atoms with Crippen LogP contribution in [-0.4, -0.2) is 21.6 Å². The van der Waals surface area contributed by atoms with Gasteiger partial charge >= 0.3 is 0 Å². The van der Waals surface area contributed by atoms with Crippen molar-refractivity contribution in [3.8, 4) is 0 Å². The summed E-state index contributed by atoms with van der Waals surface area (Å²) in [5, 5.41) is 3.61. The molecule has 1 heterocycles. The van der Waals surface area contributed by atoms with E-state index in [4.69, 9.17) is 0 Å². The van der Waals surface area contributed by atoms with E-state index in [-0.39, 0.29) is 0 Å². The van der Waals surface area contributed by atoms with Crippen molar-refractivity contribution in [3.63, 3.8) is 0 Å². The minimum Gasteiger partial charge on any atom is -0.334 e. The van der Waals surface area contributed by atoms with Crippen LogP contribution in [0.5, 0.6) is 0 Å². The Kier molecular flexibility index (Phi) is 2.59. The molecule has 1 aliphatic carbocycles. The van der Waals surface area contributed by atoms with Crippen LogP contribution in [0.2, 0.25) is 0 Å². The van der Waals surface area contributed by atoms with Crippen LogP contribution in [0.25, 0.3) is 0 Å². The second-order valence-corrected chi connectivity index (χ2v) is 4.51. The van der Waals surface area contributed by atoms with Gasteiger partial charge in [-0.05, 0) is 33.1 Å². The summed E-state index contributed by atoms with van der Waals surface area (Å²) in [6.45, 7) is 6.44. The molecule has 1 aliphatic rings. The maximum absolute atomic E-state index is 4.20. The van der Waals surface area contributed by atoms with Gasteiger partial charge in [-0.2, -0.15) is 0 Å². The van der Waals surface area contributed by atoms with Gasteiger partial charge in [-0.1, -0.05) is 0 Å². The number of imidazole rings is 1. The molecule has 3 nitrogen and oxygen atoms in total. The van der Waals surface area contributed by atoms with Crippen molar-refractivity contribution in [2.75, 3.05) is 6.54 Å². The average molecular weight is 193 g/mol. The highest BCUT2D eigenvalue weighted by Crippen LogP contribution is 2.30. The third-order valence-corrected chi connectivity index (χ3v) is 3.29. The zero-order valence-electron chi connectivity index (χ0n) is 9.08. The maximum Gasteiger partial charge on any atom is 0.105 e. The number of aromatic nitrogens is 2. The molecule has 0 aromatic carbocycles. The molecule has 3 heteroatoms. The van der Waals surface area contributed by atoms with Gasteiger partial charge < -0.3 is 9.88 Å². The van der Waals surface area contributed by atoms with Crippen molar-refractivity contribution in [2.45, 2.75) is 45.2 Å². The molecule has 1 fully saturated rings. The van der Waals surface area contributed by atoms with E-state index < -0.39 is 0 Å². The smallest absolute Gasteiger partial charge is 0.105 e. The third-order valence-electron chi connectivity index (χ3n) is 3.29. The van der Waals surface area contributed by atoms with E-state index in [0.717, 1.165) is 18.9 Å². The fraction of sp³-hybridized carbons (Fsp3) is 0.727. The van der Waals surface area contributed by atoms with E-state index in [1.54, 1.807) is 0 Å². The Morgan fingerprint density at radius 1 is 1.57 bits per heavy atom. The second kappa shape index (κ2) is 3.73. The Morgan fingerprint density at radius 2 is 2.36 bits per heavy atom. The summed E-state index contributed by atoms with van der Waals surface area (Å²) >= 11 is 0. The molecule has 1 aromatic heterocycles. The Balaban J connectivity index is 1.75. The number of rotatable bonds is 4. The van der Waals surface area contributed by atoms with Crippen LogP contribution in [-0.2, 0) is 6.54 Å². The van der Waals surface area contributed by atoms with E-state index in [9.17, 15) is 0 Å². The fourth-order valence-electron chi connectivity index (χ4n) is 2.00. The summed E-state index contributed by atoms with van der Waals surface area (Å²) in [7, 11) is 0. The standard InChI is InChI=1S/C11H19N3/c1-10-12-6-8-14(10)9-7-13-11(2)4-3-5-11/h6,8,13H,3-5,7,9H2,1-2H3. The number of aryl methyl sites for hydroxylation is 1. The zero-order valence-corrected chi connectivity index (χ0v) is 9.08. The summed E-state index contributed by atoms with van der Waals surface area (Å²) < 4.78 is 2.19. The number of hydrogen-bond donors (Lipinski definition) is 1. The SMILES string of the molecule is Cc1nccn1CCNC1(C)CCC1. The first-order chi connectivity index (χ1) is 6.70. The number of nitrogens with one attached hydrogen (secondary N) is 1. The summed E-state index contributed by atoms with van der Waals surface area (Å²) in [5.74, 6) is 1.10. The lowest BCUT2D eigenvalue weighted by Crippen LogP contribution is -2.49. The van der Waals surface area contributed by atoms with Gasteiger partial charge in [0.25, 0.3) is 0 Å². The molecule has 0 saturated heterocycles. The molecule has 78 valence electrons. The second-order valence-electron chi connectivity index (χ2n) is 4.51. The molecule has 1 saturated carbocycles. The van der Waals surface area contributed by atoms with Crippen LogP contribution >= 0.6 is 0 Å². The molecule has 1 aromatic rings. The fourth-order valence-corrected chi connectivity index (χ4v) is 2.00. The molecule has 14 heavy (non-hydrogen) atoms. The topological polar surface area (TPSA) is 29.9 Å². The van der Waals surface area contributed by atoms with Crippen LogP contribution in [0.3, 0.4) is 0 Å². The van der Waals surface area contributed by atoms with Crippen molar-refractivity contribution in [1.82, 2.24) is 14.9 Å². The minimum atomic E-state index is 0.425. The van der Waals surface area contributed by atoms with Gasteiger partial charge in [-0.3, -0.25) is 0 Å². The van der Waals surface area contributed by atoms with Gasteiger partial charge in [-0.15, -0.1) is 0 Å². The predicted octanol–water partition coefficient (Wildman–Crippen LogP) is 1.72. The van der Waals surface area contributed by atoms with Crippen molar-refractivity contribution in [1.29, 1.82) is 0 Å². The molecule has 2 rings (SSSR count). The molecule has 0 aliphatic heterocycles. The molecule has 0 bridgehead atoms. The van der Waals surface area contributed by atoms with E-state index in [0.29, 0.717) is 5.54 Å². The Morgan fingerprint density at radius 3 is 2.86 bits per heavy atom. The van der Waals surface area contributed by atoms with Crippen LogP contribution in [0.15, 0.2) is 12.4 Å². The summed E-state index contributed by atoms with van der Waals surface area (Å²) in [6, 6.07) is 0. The number of hydrogen-bond acceptors (Lipinski definition) is 2. The highest BCUT2D eigenvalue weighted by Gasteiger charge is 2.30. The minimum absolute atomic E-state index is 0.425. The zero-order chi connectivity index (χ0) is 10.0. The molecule has 0 spiro atoms. The van der Waals surface area contributed by atoms with E-state index in [1.807, 2.05) is 19.3 Å². The molecule has 0 amide bonds. The van der Waals surface area contributed by atoms with Crippen LogP contribution in [0, 0.1) is 6.92 Å². The predicted molar refractivity (Wildman–Crippen MR) is 57.2 cm³/mol. The summed E-state index contributed by atoms with van der Waals surface area (Å²) in [5.41, 5.74) is 0.425. The Labute approximate surface area is 85.5 Å². The highest BCUT2D eigenvalue weighted by molar-refractivity contribution is 4.92. The van der Waals surface area contributed by atoms with Gasteiger partial charge in [0.05, 0.1) is 0 Å². The van der Waals surface area contributed by atoms with Gasteiger partial charge in [0.15, 0.2) is 0 Å². The lowest BCUT2D eigenvalue weighted by atomic mass is 9.78. The van der Waals surface area contributed by atoms with E-state index in [1.165, 1.54) is 19.3 Å². The van der Waals surface area contributed by atoms with Crippen molar-refractivity contribution < 1.29 is 0 Å². The molecular formula is C11H19N3. The molecule has 1 N–H and O–H groups in total. The van der Waals surface area contributed by atoms with Crippen molar-refractivity contribution in [3.05, 3.63) is 18.2 Å². The first kappa shape index (κ1) is 9.71. The lowest BCUT2D eigenvalue weighted by Gasteiger charge is -2.39. The molecular weight excluding hydrogens is 174 g/mol. The van der Waals surface area contributed by atoms with Gasteiger partial charge in [0.2, 0.25) is 0 Å². The Hall–Kier alpha value is -0.830. The first-order valence-corrected chi connectivity index (χ1v) is 5.42. The van der Waals surface area contributed by atoms with Gasteiger partial charge in [0.1, 0.15) is 5.82 Å². The highest BCUT2D eigenvalue weighted by atomic mass is 15.1. The van der Waals surface area contributed by atoms with Crippen LogP contribution in [0.4, 0.5) is 0 Å². The molecule has 0 radical (unpaired) electrons. The van der Waals surface area contributed by atoms with Crippen LogP contribution < -0.4 is 5.32 Å². The van der Waals surface area contributed by atoms with Gasteiger partial charge in [0, 0.05) is 31.0 Å².